The molecular formula is C11H22N2O2S. The van der Waals surface area contributed by atoms with Crippen LogP contribution in [0.4, 0.5) is 0 Å². The van der Waals surface area contributed by atoms with Gasteiger partial charge in [-0.2, -0.15) is 0 Å². The van der Waals surface area contributed by atoms with Gasteiger partial charge in [-0.1, -0.05) is 13.3 Å². The number of nitrogens with one attached hydrogen (secondary N) is 1. The molecule has 1 N–H and O–H groups in total. The molecule has 0 aromatic carbocycles. The summed E-state index contributed by atoms with van der Waals surface area (Å²) in [5.74, 6) is 0.869. The molecule has 0 amide bonds. The van der Waals surface area contributed by atoms with Crippen molar-refractivity contribution >= 4 is 10.0 Å². The zero-order valence-corrected chi connectivity index (χ0v) is 10.8. The van der Waals surface area contributed by atoms with Gasteiger partial charge >= 0.3 is 0 Å². The van der Waals surface area contributed by atoms with Gasteiger partial charge in [-0.25, -0.2) is 12.7 Å². The topological polar surface area (TPSA) is 49.4 Å². The SMILES string of the molecule is CCCCS(=O)(=O)N1CC2CCCNC2C1. The largest absolute Gasteiger partial charge is 0.312 e. The fourth-order valence-corrected chi connectivity index (χ4v) is 4.41. The molecule has 2 unspecified atom stereocenters. The van der Waals surface area contributed by atoms with Crippen LogP contribution in [0.2, 0.25) is 0 Å². The quantitative estimate of drug-likeness (QED) is 0.798. The Morgan fingerprint density at radius 3 is 2.88 bits per heavy atom. The number of hydrogen-bond donors (Lipinski definition) is 1. The summed E-state index contributed by atoms with van der Waals surface area (Å²) in [6.07, 6.45) is 4.08. The van der Waals surface area contributed by atoms with Crippen LogP contribution in [0.5, 0.6) is 0 Å². The van der Waals surface area contributed by atoms with Crippen LogP contribution in [-0.2, 0) is 10.0 Å². The lowest BCUT2D eigenvalue weighted by atomic mass is 9.94. The number of sulfonamides is 1. The molecule has 2 aliphatic rings. The summed E-state index contributed by atoms with van der Waals surface area (Å²) in [6.45, 7) is 4.51. The second-order valence-electron chi connectivity index (χ2n) is 4.95. The molecule has 0 aromatic heterocycles. The maximum atomic E-state index is 12.0. The van der Waals surface area contributed by atoms with Gasteiger partial charge in [0.05, 0.1) is 5.75 Å². The first-order chi connectivity index (χ1) is 7.63. The van der Waals surface area contributed by atoms with Crippen LogP contribution in [0.3, 0.4) is 0 Å². The van der Waals surface area contributed by atoms with Crippen LogP contribution in [0.1, 0.15) is 32.6 Å². The molecule has 2 rings (SSSR count). The van der Waals surface area contributed by atoms with E-state index < -0.39 is 10.0 Å². The Morgan fingerprint density at radius 2 is 2.19 bits per heavy atom. The molecule has 94 valence electrons. The van der Waals surface area contributed by atoms with Crippen molar-refractivity contribution in [2.75, 3.05) is 25.4 Å². The highest BCUT2D eigenvalue weighted by molar-refractivity contribution is 7.89. The van der Waals surface area contributed by atoms with Crippen LogP contribution in [-0.4, -0.2) is 44.2 Å². The first kappa shape index (κ1) is 12.3. The highest BCUT2D eigenvalue weighted by Crippen LogP contribution is 2.27. The van der Waals surface area contributed by atoms with E-state index in [2.05, 4.69) is 5.32 Å². The first-order valence-corrected chi connectivity index (χ1v) is 7.95. The maximum Gasteiger partial charge on any atom is 0.214 e. The third-order valence-corrected chi connectivity index (χ3v) is 5.60. The molecule has 0 aromatic rings. The lowest BCUT2D eigenvalue weighted by Gasteiger charge is -2.24. The van der Waals surface area contributed by atoms with E-state index >= 15 is 0 Å². The van der Waals surface area contributed by atoms with Crippen molar-refractivity contribution in [3.8, 4) is 0 Å². The molecule has 0 aliphatic carbocycles. The number of rotatable bonds is 4. The van der Waals surface area contributed by atoms with E-state index in [1.54, 1.807) is 4.31 Å². The lowest BCUT2D eigenvalue weighted by molar-refractivity contribution is 0.339. The van der Waals surface area contributed by atoms with Crippen molar-refractivity contribution in [3.63, 3.8) is 0 Å². The first-order valence-electron chi connectivity index (χ1n) is 6.34. The fourth-order valence-electron chi connectivity index (χ4n) is 2.69. The average molecular weight is 246 g/mol. The van der Waals surface area contributed by atoms with Gasteiger partial charge in [0.2, 0.25) is 10.0 Å². The molecule has 2 atom stereocenters. The third-order valence-electron chi connectivity index (χ3n) is 3.71. The zero-order chi connectivity index (χ0) is 11.6. The van der Waals surface area contributed by atoms with Crippen LogP contribution in [0.15, 0.2) is 0 Å². The molecule has 0 bridgehead atoms. The van der Waals surface area contributed by atoms with E-state index in [0.717, 1.165) is 25.9 Å². The van der Waals surface area contributed by atoms with Crippen LogP contribution in [0, 0.1) is 5.92 Å². The van der Waals surface area contributed by atoms with E-state index in [1.165, 1.54) is 12.8 Å². The van der Waals surface area contributed by atoms with Gasteiger partial charge < -0.3 is 5.32 Å². The molecule has 2 heterocycles. The zero-order valence-electron chi connectivity index (χ0n) is 9.98. The summed E-state index contributed by atoms with van der Waals surface area (Å²) in [7, 11) is -2.99. The average Bonchev–Trinajstić information content (AvgIpc) is 2.71. The molecular weight excluding hydrogens is 224 g/mol. The maximum absolute atomic E-state index is 12.0. The fraction of sp³-hybridized carbons (Fsp3) is 1.00. The van der Waals surface area contributed by atoms with Crippen molar-refractivity contribution in [2.45, 2.75) is 38.6 Å². The molecule has 0 spiro atoms. The van der Waals surface area contributed by atoms with Gasteiger partial charge in [0.25, 0.3) is 0 Å². The summed E-state index contributed by atoms with van der Waals surface area (Å²) in [5, 5.41) is 3.43. The smallest absolute Gasteiger partial charge is 0.214 e. The number of unbranched alkanes of at least 4 members (excludes halogenated alkanes) is 1. The number of fused-ring (bicyclic) bond motifs is 1. The minimum absolute atomic E-state index is 0.322. The number of nitrogens with zero attached hydrogens (tertiary/aromatic N) is 1. The van der Waals surface area contributed by atoms with E-state index in [4.69, 9.17) is 0 Å². The standard InChI is InChI=1S/C11H22N2O2S/c1-2-3-7-16(14,15)13-8-10-5-4-6-12-11(10)9-13/h10-12H,2-9H2,1H3. The summed E-state index contributed by atoms with van der Waals surface area (Å²) < 4.78 is 25.8. The van der Waals surface area contributed by atoms with Crippen LogP contribution in [0.25, 0.3) is 0 Å². The van der Waals surface area contributed by atoms with Crippen molar-refractivity contribution < 1.29 is 8.42 Å². The Morgan fingerprint density at radius 1 is 1.38 bits per heavy atom. The van der Waals surface area contributed by atoms with Crippen molar-refractivity contribution in [3.05, 3.63) is 0 Å². The number of hydrogen-bond acceptors (Lipinski definition) is 3. The predicted molar refractivity (Wildman–Crippen MR) is 64.8 cm³/mol. The van der Waals surface area contributed by atoms with Gasteiger partial charge in [-0.15, -0.1) is 0 Å². The predicted octanol–water partition coefficient (Wildman–Crippen LogP) is 0.800. The molecule has 0 radical (unpaired) electrons. The Bertz CT molecular complexity index is 315. The minimum atomic E-state index is -2.99. The molecule has 2 aliphatic heterocycles. The highest BCUT2D eigenvalue weighted by atomic mass is 32.2. The van der Waals surface area contributed by atoms with Gasteiger partial charge in [0, 0.05) is 19.1 Å². The summed E-state index contributed by atoms with van der Waals surface area (Å²) in [4.78, 5) is 0. The van der Waals surface area contributed by atoms with Gasteiger partial charge in [-0.3, -0.25) is 0 Å². The van der Waals surface area contributed by atoms with Gasteiger partial charge in [-0.05, 0) is 31.7 Å². The van der Waals surface area contributed by atoms with Crippen LogP contribution < -0.4 is 5.32 Å². The third kappa shape index (κ3) is 2.57. The van der Waals surface area contributed by atoms with E-state index in [9.17, 15) is 8.42 Å². The van der Waals surface area contributed by atoms with E-state index in [1.807, 2.05) is 6.92 Å². The van der Waals surface area contributed by atoms with Crippen molar-refractivity contribution in [1.29, 1.82) is 0 Å². The normalized spacial score (nSPS) is 31.6. The molecule has 16 heavy (non-hydrogen) atoms. The monoisotopic (exact) mass is 246 g/mol. The van der Waals surface area contributed by atoms with Crippen molar-refractivity contribution in [1.82, 2.24) is 9.62 Å². The second-order valence-corrected chi connectivity index (χ2v) is 7.04. The Hall–Kier alpha value is -0.130. The van der Waals surface area contributed by atoms with Gasteiger partial charge in [0.1, 0.15) is 0 Å². The second kappa shape index (κ2) is 5.02. The highest BCUT2D eigenvalue weighted by Gasteiger charge is 2.38. The summed E-state index contributed by atoms with van der Waals surface area (Å²) >= 11 is 0. The molecule has 4 nitrogen and oxygen atoms in total. The lowest BCUT2D eigenvalue weighted by Crippen LogP contribution is -2.41. The molecule has 0 saturated carbocycles. The Labute approximate surface area is 98.4 Å². The Kier molecular flexibility index (Phi) is 3.87. The number of piperidine rings is 1. The molecule has 2 fully saturated rings. The molecule has 5 heteroatoms. The van der Waals surface area contributed by atoms with E-state index in [0.29, 0.717) is 24.3 Å². The summed E-state index contributed by atoms with van der Waals surface area (Å²) in [6, 6.07) is 0.408. The van der Waals surface area contributed by atoms with E-state index in [-0.39, 0.29) is 0 Å². The van der Waals surface area contributed by atoms with Gasteiger partial charge in [0.15, 0.2) is 0 Å². The molecule has 2 saturated heterocycles. The minimum Gasteiger partial charge on any atom is -0.312 e. The summed E-state index contributed by atoms with van der Waals surface area (Å²) in [5.41, 5.74) is 0. The van der Waals surface area contributed by atoms with Crippen LogP contribution >= 0.6 is 0 Å². The van der Waals surface area contributed by atoms with Crippen molar-refractivity contribution in [2.24, 2.45) is 5.92 Å². The Balaban J connectivity index is 1.96.